The van der Waals surface area contributed by atoms with Crippen molar-refractivity contribution in [2.45, 2.75) is 22.8 Å². The third-order valence-corrected chi connectivity index (χ3v) is 5.80. The zero-order chi connectivity index (χ0) is 20.2. The summed E-state index contributed by atoms with van der Waals surface area (Å²) in [6.07, 6.45) is -0.167. The quantitative estimate of drug-likeness (QED) is 0.608. The molecule has 2 aromatic rings. The Labute approximate surface area is 158 Å². The van der Waals surface area contributed by atoms with Crippen LogP contribution in [0, 0.1) is 6.92 Å². The molecule has 10 heteroatoms. The van der Waals surface area contributed by atoms with Gasteiger partial charge in [0.25, 0.3) is 0 Å². The SMILES string of the molecule is Cc1ccc(OS(=O)(=O)c2cccc(S(C)(=O)=O)c2)c(OCC(O)CO)c1. The number of ether oxygens (including phenoxy) is 1. The van der Waals surface area contributed by atoms with Crippen molar-refractivity contribution in [1.82, 2.24) is 0 Å². The Bertz CT molecular complexity index is 1010. The van der Waals surface area contributed by atoms with Crippen LogP contribution < -0.4 is 8.92 Å². The van der Waals surface area contributed by atoms with Gasteiger partial charge in [0.05, 0.1) is 11.5 Å². The molecule has 2 aromatic carbocycles. The molecule has 0 aliphatic heterocycles. The number of aliphatic hydroxyl groups excluding tert-OH is 2. The summed E-state index contributed by atoms with van der Waals surface area (Å²) in [7, 11) is -7.92. The molecule has 0 amide bonds. The first-order valence-electron chi connectivity index (χ1n) is 7.80. The maximum Gasteiger partial charge on any atom is 0.339 e. The lowest BCUT2D eigenvalue weighted by molar-refractivity contribution is 0.0530. The molecule has 2 N–H and O–H groups in total. The average Bonchev–Trinajstić information content (AvgIpc) is 2.60. The molecule has 0 aliphatic rings. The van der Waals surface area contributed by atoms with Crippen LogP contribution >= 0.6 is 0 Å². The highest BCUT2D eigenvalue weighted by molar-refractivity contribution is 7.90. The van der Waals surface area contributed by atoms with E-state index in [2.05, 4.69) is 0 Å². The summed E-state index contributed by atoms with van der Waals surface area (Å²) < 4.78 is 58.8. The molecule has 148 valence electrons. The van der Waals surface area contributed by atoms with E-state index in [4.69, 9.17) is 14.0 Å². The van der Waals surface area contributed by atoms with E-state index in [0.29, 0.717) is 0 Å². The zero-order valence-electron chi connectivity index (χ0n) is 14.7. The Kier molecular flexibility index (Phi) is 6.47. The monoisotopic (exact) mass is 416 g/mol. The molecular formula is C17H20O8S2. The molecule has 27 heavy (non-hydrogen) atoms. The predicted molar refractivity (Wildman–Crippen MR) is 97.1 cm³/mol. The molecular weight excluding hydrogens is 396 g/mol. The number of aliphatic hydroxyl groups is 2. The molecule has 0 saturated carbocycles. The Balaban J connectivity index is 2.35. The predicted octanol–water partition coefficient (Wildman–Crippen LogP) is 0.898. The maximum absolute atomic E-state index is 12.6. The van der Waals surface area contributed by atoms with Gasteiger partial charge in [-0.05, 0) is 42.8 Å². The fraction of sp³-hybridized carbons (Fsp3) is 0.294. The minimum atomic E-state index is -4.33. The first-order valence-corrected chi connectivity index (χ1v) is 11.1. The zero-order valence-corrected chi connectivity index (χ0v) is 16.3. The van der Waals surface area contributed by atoms with Crippen LogP contribution in [-0.4, -0.2) is 52.6 Å². The van der Waals surface area contributed by atoms with E-state index in [1.807, 2.05) is 0 Å². The minimum Gasteiger partial charge on any atom is -0.487 e. The highest BCUT2D eigenvalue weighted by Crippen LogP contribution is 2.31. The lowest BCUT2D eigenvalue weighted by atomic mass is 10.2. The van der Waals surface area contributed by atoms with Gasteiger partial charge in [-0.2, -0.15) is 8.42 Å². The van der Waals surface area contributed by atoms with E-state index in [1.165, 1.54) is 30.3 Å². The number of benzene rings is 2. The van der Waals surface area contributed by atoms with Crippen molar-refractivity contribution in [3.05, 3.63) is 48.0 Å². The highest BCUT2D eigenvalue weighted by Gasteiger charge is 2.21. The maximum atomic E-state index is 12.6. The van der Waals surface area contributed by atoms with Crippen LogP contribution in [0.25, 0.3) is 0 Å². The molecule has 0 fully saturated rings. The van der Waals surface area contributed by atoms with Gasteiger partial charge in [-0.15, -0.1) is 0 Å². The van der Waals surface area contributed by atoms with Crippen LogP contribution in [0.15, 0.2) is 52.3 Å². The van der Waals surface area contributed by atoms with Gasteiger partial charge in [-0.3, -0.25) is 0 Å². The third-order valence-electron chi connectivity index (χ3n) is 3.46. The minimum absolute atomic E-state index is 0.0605. The van der Waals surface area contributed by atoms with Crippen LogP contribution in [0.3, 0.4) is 0 Å². The van der Waals surface area contributed by atoms with Crippen molar-refractivity contribution >= 4 is 20.0 Å². The first kappa shape index (κ1) is 21.2. The van der Waals surface area contributed by atoms with E-state index in [9.17, 15) is 21.9 Å². The number of hydrogen-bond acceptors (Lipinski definition) is 8. The molecule has 2 rings (SSSR count). The summed E-state index contributed by atoms with van der Waals surface area (Å²) >= 11 is 0. The van der Waals surface area contributed by atoms with Gasteiger partial charge in [-0.1, -0.05) is 12.1 Å². The number of hydrogen-bond donors (Lipinski definition) is 2. The summed E-state index contributed by atoms with van der Waals surface area (Å²) in [5.74, 6) is -0.0687. The topological polar surface area (TPSA) is 127 Å². The Morgan fingerprint density at radius 3 is 2.30 bits per heavy atom. The van der Waals surface area contributed by atoms with Crippen molar-refractivity contribution in [2.75, 3.05) is 19.5 Å². The van der Waals surface area contributed by atoms with Crippen molar-refractivity contribution in [3.63, 3.8) is 0 Å². The second kappa shape index (κ2) is 8.26. The average molecular weight is 416 g/mol. The second-order valence-electron chi connectivity index (χ2n) is 5.88. The van der Waals surface area contributed by atoms with Crippen LogP contribution in [0.4, 0.5) is 0 Å². The molecule has 0 radical (unpaired) electrons. The molecule has 0 aliphatic carbocycles. The van der Waals surface area contributed by atoms with Crippen molar-refractivity contribution in [1.29, 1.82) is 0 Å². The van der Waals surface area contributed by atoms with Crippen LogP contribution in [-0.2, 0) is 20.0 Å². The normalized spacial score (nSPS) is 13.2. The van der Waals surface area contributed by atoms with Gasteiger partial charge in [0.2, 0.25) is 0 Å². The van der Waals surface area contributed by atoms with E-state index < -0.39 is 32.7 Å². The summed E-state index contributed by atoms with van der Waals surface area (Å²) in [4.78, 5) is -0.481. The summed E-state index contributed by atoms with van der Waals surface area (Å²) in [6, 6.07) is 9.31. The third kappa shape index (κ3) is 5.67. The van der Waals surface area contributed by atoms with Gasteiger partial charge in [-0.25, -0.2) is 8.42 Å². The highest BCUT2D eigenvalue weighted by atomic mass is 32.2. The summed E-state index contributed by atoms with van der Waals surface area (Å²) in [5.41, 5.74) is 0.757. The van der Waals surface area contributed by atoms with Gasteiger partial charge in [0.1, 0.15) is 17.6 Å². The molecule has 0 heterocycles. The number of rotatable bonds is 8. The smallest absolute Gasteiger partial charge is 0.339 e. The van der Waals surface area contributed by atoms with E-state index >= 15 is 0 Å². The van der Waals surface area contributed by atoms with Gasteiger partial charge in [0, 0.05) is 6.26 Å². The standard InChI is InChI=1S/C17H20O8S2/c1-12-6-7-16(17(8-12)24-11-13(19)10-18)25-27(22,23)15-5-3-4-14(9-15)26(2,20)21/h3-9,13,18-19H,10-11H2,1-2H3. The fourth-order valence-electron chi connectivity index (χ4n) is 2.06. The Morgan fingerprint density at radius 2 is 1.67 bits per heavy atom. The van der Waals surface area contributed by atoms with Crippen LogP contribution in [0.5, 0.6) is 11.5 Å². The van der Waals surface area contributed by atoms with Crippen LogP contribution in [0.1, 0.15) is 5.56 Å². The number of aryl methyl sites for hydroxylation is 1. The largest absolute Gasteiger partial charge is 0.487 e. The molecule has 0 aromatic heterocycles. The molecule has 0 bridgehead atoms. The van der Waals surface area contributed by atoms with Crippen LogP contribution in [0.2, 0.25) is 0 Å². The van der Waals surface area contributed by atoms with Crippen molar-refractivity contribution < 1.29 is 36.0 Å². The number of sulfone groups is 1. The van der Waals surface area contributed by atoms with Gasteiger partial charge < -0.3 is 19.1 Å². The summed E-state index contributed by atoms with van der Waals surface area (Å²) in [6.45, 7) is 0.974. The molecule has 8 nitrogen and oxygen atoms in total. The van der Waals surface area contributed by atoms with E-state index in [-0.39, 0.29) is 27.9 Å². The lowest BCUT2D eigenvalue weighted by Gasteiger charge is -2.15. The second-order valence-corrected chi connectivity index (χ2v) is 9.44. The Hall–Kier alpha value is -2.14. The van der Waals surface area contributed by atoms with Crippen molar-refractivity contribution in [3.8, 4) is 11.5 Å². The van der Waals surface area contributed by atoms with Gasteiger partial charge in [0.15, 0.2) is 21.3 Å². The first-order chi connectivity index (χ1) is 12.5. The van der Waals surface area contributed by atoms with E-state index in [1.54, 1.807) is 13.0 Å². The fourth-order valence-corrected chi connectivity index (χ4v) is 3.79. The van der Waals surface area contributed by atoms with Crippen molar-refractivity contribution in [2.24, 2.45) is 0 Å². The molecule has 0 spiro atoms. The van der Waals surface area contributed by atoms with E-state index in [0.717, 1.165) is 17.9 Å². The molecule has 1 unspecified atom stereocenters. The lowest BCUT2D eigenvalue weighted by Crippen LogP contribution is -2.21. The van der Waals surface area contributed by atoms with Gasteiger partial charge >= 0.3 is 10.1 Å². The Morgan fingerprint density at radius 1 is 1.00 bits per heavy atom. The summed E-state index contributed by atoms with van der Waals surface area (Å²) in [5, 5.41) is 18.3. The molecule has 0 saturated heterocycles. The molecule has 1 atom stereocenters.